The van der Waals surface area contributed by atoms with Crippen LogP contribution in [0.4, 0.5) is 0 Å². The highest BCUT2D eigenvalue weighted by molar-refractivity contribution is 6.19. The van der Waals surface area contributed by atoms with Gasteiger partial charge in [0.15, 0.2) is 17.4 Å². The lowest BCUT2D eigenvalue weighted by Gasteiger charge is -2.21. The average molecular weight is 799 g/mol. The molecule has 0 aliphatic heterocycles. The Kier molecular flexibility index (Phi) is 9.60. The number of rotatable bonds is 9. The van der Waals surface area contributed by atoms with Crippen molar-refractivity contribution >= 4 is 54.7 Å². The molecule has 2 aromatic heterocycles. The first-order chi connectivity index (χ1) is 30.3. The third-order valence-electron chi connectivity index (χ3n) is 12.0. The number of aromatic nitrogens is 4. The summed E-state index contributed by atoms with van der Waals surface area (Å²) in [5.41, 5.74) is 12.6. The zero-order valence-corrected chi connectivity index (χ0v) is 34.8. The Labute approximate surface area is 360 Å². The molecule has 0 N–H and O–H groups in total. The molecule has 2 heterocycles. The van der Waals surface area contributed by atoms with Crippen molar-refractivity contribution in [2.45, 2.75) is 26.2 Å². The topological polar surface area (TPSA) is 60.7 Å². The SMILES string of the molecule is C=C/C=C(\C=C=C/C=C\C=C/C)c1nc(-c2ccc3ccccc3c2)nc(-n2c3cc(C(=O)c4cccc5ccccc45)ccc3c3cc4c(cc32)-c2ccccc2C4(C)C)n1. The van der Waals surface area contributed by atoms with E-state index in [1.807, 2.05) is 116 Å². The molecule has 296 valence electrons. The molecule has 5 nitrogen and oxygen atoms in total. The Morgan fingerprint density at radius 3 is 2.29 bits per heavy atom. The first-order valence-electron chi connectivity index (χ1n) is 20.9. The molecular formula is C57H42N4O. The monoisotopic (exact) mass is 798 g/mol. The number of benzene rings is 7. The Morgan fingerprint density at radius 2 is 1.44 bits per heavy atom. The molecule has 0 spiro atoms. The van der Waals surface area contributed by atoms with Gasteiger partial charge in [-0.05, 0) is 87.1 Å². The van der Waals surface area contributed by atoms with Crippen molar-refractivity contribution in [3.05, 3.63) is 229 Å². The van der Waals surface area contributed by atoms with Crippen molar-refractivity contribution < 1.29 is 4.79 Å². The maximum Gasteiger partial charge on any atom is 0.238 e. The van der Waals surface area contributed by atoms with E-state index in [-0.39, 0.29) is 11.2 Å². The summed E-state index contributed by atoms with van der Waals surface area (Å²) < 4.78 is 2.11. The third kappa shape index (κ3) is 6.53. The van der Waals surface area contributed by atoms with Gasteiger partial charge in [0.1, 0.15) is 0 Å². The van der Waals surface area contributed by atoms with Crippen LogP contribution in [0.1, 0.15) is 53.6 Å². The molecule has 1 aliphatic carbocycles. The van der Waals surface area contributed by atoms with Gasteiger partial charge in [0.05, 0.1) is 11.0 Å². The van der Waals surface area contributed by atoms with Crippen LogP contribution in [0.2, 0.25) is 0 Å². The highest BCUT2D eigenvalue weighted by Gasteiger charge is 2.36. The van der Waals surface area contributed by atoms with Gasteiger partial charge in [0.2, 0.25) is 5.95 Å². The van der Waals surface area contributed by atoms with Gasteiger partial charge < -0.3 is 0 Å². The molecule has 0 saturated carbocycles. The first kappa shape index (κ1) is 38.2. The molecule has 10 rings (SSSR count). The standard InChI is InChI=1S/C57H42N4O/c1-5-7-8-9-10-11-22-39(19-6-2)54-58-55(42-30-29-37-20-12-13-23-40(37)33-42)60-56(59-54)61-51-34-41(53(62)46-27-18-24-38-21-14-15-25-43(38)46)31-32-45(51)48-35-50-47(36-52(48)61)44-26-16-17-28-49(44)57(50,3)4/h5-10,12-36H,2H2,1,3-4H3/b7-5-,9-8-,39-19+. The van der Waals surface area contributed by atoms with Gasteiger partial charge in [-0.1, -0.05) is 172 Å². The van der Waals surface area contributed by atoms with E-state index >= 15 is 0 Å². The summed E-state index contributed by atoms with van der Waals surface area (Å²) in [6.45, 7) is 10.6. The molecule has 5 heteroatoms. The van der Waals surface area contributed by atoms with Gasteiger partial charge in [-0.15, -0.1) is 5.73 Å². The van der Waals surface area contributed by atoms with E-state index in [4.69, 9.17) is 15.0 Å². The second kappa shape index (κ2) is 15.6. The second-order valence-electron chi connectivity index (χ2n) is 16.1. The molecule has 0 unspecified atom stereocenters. The fraction of sp³-hybridized carbons (Fsp3) is 0.0702. The van der Waals surface area contributed by atoms with Crippen LogP contribution >= 0.6 is 0 Å². The van der Waals surface area contributed by atoms with Crippen molar-refractivity contribution in [1.82, 2.24) is 19.5 Å². The lowest BCUT2D eigenvalue weighted by atomic mass is 9.82. The molecule has 9 aromatic rings. The molecule has 1 aliphatic rings. The molecule has 0 amide bonds. The van der Waals surface area contributed by atoms with Gasteiger partial charge in [-0.2, -0.15) is 9.97 Å². The van der Waals surface area contributed by atoms with E-state index < -0.39 is 0 Å². The van der Waals surface area contributed by atoms with Crippen molar-refractivity contribution in [1.29, 1.82) is 0 Å². The van der Waals surface area contributed by atoms with Gasteiger partial charge in [0, 0.05) is 38.5 Å². The number of carbonyl (C=O) groups is 1. The van der Waals surface area contributed by atoms with Crippen molar-refractivity contribution in [3.63, 3.8) is 0 Å². The van der Waals surface area contributed by atoms with Crippen LogP contribution in [0.15, 0.2) is 200 Å². The number of ketones is 1. The number of hydrogen-bond acceptors (Lipinski definition) is 4. The summed E-state index contributed by atoms with van der Waals surface area (Å²) in [7, 11) is 0. The predicted octanol–water partition coefficient (Wildman–Crippen LogP) is 13.9. The largest absolute Gasteiger partial charge is 0.289 e. The smallest absolute Gasteiger partial charge is 0.238 e. The van der Waals surface area contributed by atoms with Crippen molar-refractivity contribution in [2.75, 3.05) is 0 Å². The van der Waals surface area contributed by atoms with E-state index in [1.54, 1.807) is 6.08 Å². The fourth-order valence-electron chi connectivity index (χ4n) is 8.94. The van der Waals surface area contributed by atoms with Gasteiger partial charge in [0.25, 0.3) is 0 Å². The summed E-state index contributed by atoms with van der Waals surface area (Å²) in [5.74, 6) is 1.35. The zero-order valence-electron chi connectivity index (χ0n) is 34.8. The third-order valence-corrected chi connectivity index (χ3v) is 12.0. The summed E-state index contributed by atoms with van der Waals surface area (Å²) in [6, 6.07) is 47.8. The highest BCUT2D eigenvalue weighted by atomic mass is 16.1. The molecule has 62 heavy (non-hydrogen) atoms. The minimum Gasteiger partial charge on any atom is -0.289 e. The number of allylic oxidation sites excluding steroid dienone is 8. The van der Waals surface area contributed by atoms with Crippen molar-refractivity contribution in [3.8, 4) is 28.5 Å². The van der Waals surface area contributed by atoms with E-state index in [9.17, 15) is 4.79 Å². The lowest BCUT2D eigenvalue weighted by molar-refractivity contribution is 0.104. The lowest BCUT2D eigenvalue weighted by Crippen LogP contribution is -2.14. The predicted molar refractivity (Wildman–Crippen MR) is 257 cm³/mol. The van der Waals surface area contributed by atoms with E-state index in [0.29, 0.717) is 34.3 Å². The Bertz CT molecular complexity index is 3470. The van der Waals surface area contributed by atoms with E-state index in [1.165, 1.54) is 22.3 Å². The van der Waals surface area contributed by atoms with E-state index in [0.717, 1.165) is 48.9 Å². The van der Waals surface area contributed by atoms with E-state index in [2.05, 4.69) is 104 Å². The minimum atomic E-state index is -0.214. The molecular weight excluding hydrogens is 757 g/mol. The zero-order chi connectivity index (χ0) is 42.4. The maximum atomic E-state index is 14.6. The van der Waals surface area contributed by atoms with Crippen LogP contribution in [-0.4, -0.2) is 25.3 Å². The summed E-state index contributed by atoms with van der Waals surface area (Å²) in [4.78, 5) is 30.3. The van der Waals surface area contributed by atoms with Gasteiger partial charge in [-0.25, -0.2) is 4.98 Å². The molecule has 0 atom stereocenters. The van der Waals surface area contributed by atoms with Gasteiger partial charge in [-0.3, -0.25) is 9.36 Å². The minimum absolute atomic E-state index is 0.0529. The quantitative estimate of drug-likeness (QED) is 0.0829. The summed E-state index contributed by atoms with van der Waals surface area (Å²) in [6.07, 6.45) is 15.2. The second-order valence-corrected chi connectivity index (χ2v) is 16.1. The molecule has 0 bridgehead atoms. The molecule has 0 fully saturated rings. The molecule has 0 radical (unpaired) electrons. The summed E-state index contributed by atoms with van der Waals surface area (Å²) in [5, 5.41) is 6.19. The molecule has 7 aromatic carbocycles. The fourth-order valence-corrected chi connectivity index (χ4v) is 8.94. The Hall–Kier alpha value is -7.98. The van der Waals surface area contributed by atoms with Crippen LogP contribution in [0, 0.1) is 0 Å². The van der Waals surface area contributed by atoms with Crippen molar-refractivity contribution in [2.24, 2.45) is 0 Å². The van der Waals surface area contributed by atoms with Crippen LogP contribution in [0.3, 0.4) is 0 Å². The van der Waals surface area contributed by atoms with Crippen LogP contribution in [0.5, 0.6) is 0 Å². The van der Waals surface area contributed by atoms with Gasteiger partial charge >= 0.3 is 0 Å². The maximum absolute atomic E-state index is 14.6. The van der Waals surface area contributed by atoms with Crippen LogP contribution < -0.4 is 0 Å². The number of nitrogens with zero attached hydrogens (tertiary/aromatic N) is 4. The van der Waals surface area contributed by atoms with Crippen LogP contribution in [-0.2, 0) is 5.41 Å². The number of hydrogen-bond donors (Lipinski definition) is 0. The first-order valence-corrected chi connectivity index (χ1v) is 20.9. The number of carbonyl (C=O) groups excluding carboxylic acids is 1. The normalized spacial score (nSPS) is 13.2. The highest BCUT2D eigenvalue weighted by Crippen LogP contribution is 2.51. The van der Waals surface area contributed by atoms with Crippen LogP contribution in [0.25, 0.3) is 77.4 Å². The number of fused-ring (bicyclic) bond motifs is 8. The Balaban J connectivity index is 1.27. The Morgan fingerprint density at radius 1 is 0.661 bits per heavy atom. The molecule has 0 saturated heterocycles. The summed E-state index contributed by atoms with van der Waals surface area (Å²) >= 11 is 0. The average Bonchev–Trinajstić information content (AvgIpc) is 3.75.